The van der Waals surface area contributed by atoms with Crippen LogP contribution in [-0.4, -0.2) is 91.1 Å². The zero-order valence-electron chi connectivity index (χ0n) is 27.7. The second kappa shape index (κ2) is 19.4. The summed E-state index contributed by atoms with van der Waals surface area (Å²) in [6, 6.07) is 10.3. The Bertz CT molecular complexity index is 1470. The van der Waals surface area contributed by atoms with Crippen LogP contribution in [0.3, 0.4) is 0 Å². The van der Waals surface area contributed by atoms with Crippen molar-refractivity contribution in [1.82, 2.24) is 15.5 Å². The van der Waals surface area contributed by atoms with E-state index in [9.17, 15) is 55.0 Å². The van der Waals surface area contributed by atoms with Crippen molar-refractivity contribution in [3.8, 4) is 11.5 Å². The molecule has 10 nitrogen and oxygen atoms in total. The molecule has 51 heavy (non-hydrogen) atoms. The Morgan fingerprint density at radius 2 is 1.49 bits per heavy atom. The minimum atomic E-state index is -5.77. The number of amides is 2. The molecule has 17 heteroatoms. The van der Waals surface area contributed by atoms with Crippen molar-refractivity contribution >= 4 is 29.1 Å². The number of carbonyl (C=O) groups is 4. The van der Waals surface area contributed by atoms with E-state index in [1.165, 1.54) is 18.9 Å². The Labute approximate surface area is 290 Å². The SMILES string of the molecule is O=C(C(=O)C(F)(F)F)C(F)(F)F.O=C1COc2c(CCNCCN(C(=O)CCNCCc3cccc(F)c3)C3CCCCCC3)ccc(O)c2N1. The van der Waals surface area contributed by atoms with Crippen LogP contribution in [0.1, 0.15) is 56.1 Å². The van der Waals surface area contributed by atoms with Gasteiger partial charge in [-0.05, 0) is 68.1 Å². The van der Waals surface area contributed by atoms with Gasteiger partial charge in [-0.1, -0.05) is 43.9 Å². The number of alkyl halides is 6. The smallest absolute Gasteiger partial charge is 0.458 e. The summed E-state index contributed by atoms with van der Waals surface area (Å²) in [5, 5.41) is 19.5. The summed E-state index contributed by atoms with van der Waals surface area (Å²) in [6.45, 7) is 3.28. The molecule has 1 saturated carbocycles. The first-order chi connectivity index (χ1) is 24.1. The molecule has 0 radical (unpaired) electrons. The lowest BCUT2D eigenvalue weighted by Gasteiger charge is -2.32. The van der Waals surface area contributed by atoms with Gasteiger partial charge in [-0.25, -0.2) is 4.39 Å². The quantitative estimate of drug-likeness (QED) is 0.0699. The van der Waals surface area contributed by atoms with Crippen LogP contribution >= 0.6 is 0 Å². The van der Waals surface area contributed by atoms with E-state index in [0.717, 1.165) is 43.2 Å². The summed E-state index contributed by atoms with van der Waals surface area (Å²) in [4.78, 5) is 46.2. The second-order valence-corrected chi connectivity index (χ2v) is 12.1. The normalized spacial score (nSPS) is 15.0. The zero-order chi connectivity index (χ0) is 37.6. The number of benzene rings is 2. The Morgan fingerprint density at radius 3 is 2.12 bits per heavy atom. The lowest BCUT2D eigenvalue weighted by Crippen LogP contribution is -2.45. The average Bonchev–Trinajstić information content (AvgIpc) is 3.35. The van der Waals surface area contributed by atoms with Crippen LogP contribution in [0.4, 0.5) is 36.4 Å². The molecule has 1 fully saturated rings. The molecular formula is C34H41F7N4O6. The molecule has 4 rings (SSSR count). The molecule has 2 aliphatic rings. The third-order valence-electron chi connectivity index (χ3n) is 8.23. The monoisotopic (exact) mass is 734 g/mol. The predicted octanol–water partition coefficient (Wildman–Crippen LogP) is 5.02. The molecule has 0 atom stereocenters. The van der Waals surface area contributed by atoms with Gasteiger partial charge in [0.05, 0.1) is 0 Å². The molecule has 1 heterocycles. The van der Waals surface area contributed by atoms with Gasteiger partial charge in [0.2, 0.25) is 5.91 Å². The van der Waals surface area contributed by atoms with Gasteiger partial charge in [0.1, 0.15) is 17.3 Å². The van der Waals surface area contributed by atoms with Crippen LogP contribution < -0.4 is 20.7 Å². The molecule has 2 aromatic carbocycles. The number of carbonyl (C=O) groups excluding carboxylic acids is 4. The van der Waals surface area contributed by atoms with Crippen LogP contribution in [0, 0.1) is 5.82 Å². The maximum Gasteiger partial charge on any atom is 0.458 e. The summed E-state index contributed by atoms with van der Waals surface area (Å²) in [5.41, 5.74) is 2.19. The topological polar surface area (TPSA) is 137 Å². The molecule has 2 aromatic rings. The van der Waals surface area contributed by atoms with E-state index in [0.29, 0.717) is 57.0 Å². The molecule has 1 aliphatic heterocycles. The predicted molar refractivity (Wildman–Crippen MR) is 172 cm³/mol. The van der Waals surface area contributed by atoms with Gasteiger partial charge in [0.25, 0.3) is 5.91 Å². The Morgan fingerprint density at radius 1 is 0.863 bits per heavy atom. The van der Waals surface area contributed by atoms with Crippen molar-refractivity contribution in [3.05, 3.63) is 53.3 Å². The Hall–Kier alpha value is -4.25. The third-order valence-corrected chi connectivity index (χ3v) is 8.23. The number of hydrogen-bond acceptors (Lipinski definition) is 8. The van der Waals surface area contributed by atoms with Gasteiger partial charge in [0, 0.05) is 32.1 Å². The first-order valence-corrected chi connectivity index (χ1v) is 16.5. The minimum absolute atomic E-state index is 0.00392. The molecule has 0 bridgehead atoms. The zero-order valence-corrected chi connectivity index (χ0v) is 27.7. The number of fused-ring (bicyclic) bond motifs is 1. The summed E-state index contributed by atoms with van der Waals surface area (Å²) >= 11 is 0. The van der Waals surface area contributed by atoms with E-state index >= 15 is 0 Å². The fraction of sp³-hybridized carbons (Fsp3) is 0.529. The number of Topliss-reactive ketones (excluding diaryl/α,β-unsaturated/α-hetero) is 2. The highest BCUT2D eigenvalue weighted by Crippen LogP contribution is 2.39. The van der Waals surface area contributed by atoms with E-state index < -0.39 is 23.9 Å². The molecule has 0 spiro atoms. The highest BCUT2D eigenvalue weighted by Gasteiger charge is 2.54. The van der Waals surface area contributed by atoms with Crippen molar-refractivity contribution < 1.29 is 59.8 Å². The van der Waals surface area contributed by atoms with Crippen molar-refractivity contribution in [2.24, 2.45) is 0 Å². The van der Waals surface area contributed by atoms with Gasteiger partial charge in [-0.15, -0.1) is 0 Å². The van der Waals surface area contributed by atoms with Crippen LogP contribution in [0.15, 0.2) is 36.4 Å². The number of nitrogens with zero attached hydrogens (tertiary/aromatic N) is 1. The number of ether oxygens (including phenoxy) is 1. The maximum atomic E-state index is 13.4. The third kappa shape index (κ3) is 13.4. The van der Waals surface area contributed by atoms with E-state index in [1.54, 1.807) is 18.2 Å². The number of anilines is 1. The minimum Gasteiger partial charge on any atom is -0.506 e. The standard InChI is InChI=1S/C30H41FN4O4.C4F6O2/c31-24-7-5-6-22(20-24)12-15-32-17-14-28(38)35(25-8-3-1-2-4-9-25)19-18-33-16-13-23-10-11-26(36)29-30(23)39-21-27(37)34-29;5-3(6,7)1(11)2(12)4(8,9)10/h5-7,10-11,20,25,32-33,36H,1-4,8-9,12-19,21H2,(H,34,37);. The van der Waals surface area contributed by atoms with E-state index in [2.05, 4.69) is 20.9 Å². The van der Waals surface area contributed by atoms with Crippen LogP contribution in [0.2, 0.25) is 0 Å². The summed E-state index contributed by atoms with van der Waals surface area (Å²) in [6.07, 6.45) is -2.79. The highest BCUT2D eigenvalue weighted by atomic mass is 19.4. The number of rotatable bonds is 14. The van der Waals surface area contributed by atoms with Crippen molar-refractivity contribution in [1.29, 1.82) is 0 Å². The lowest BCUT2D eigenvalue weighted by molar-refractivity contribution is -0.193. The Balaban J connectivity index is 0.000000501. The first-order valence-electron chi connectivity index (χ1n) is 16.5. The number of hydrogen-bond donors (Lipinski definition) is 4. The molecular weight excluding hydrogens is 693 g/mol. The van der Waals surface area contributed by atoms with Crippen molar-refractivity contribution in [3.63, 3.8) is 0 Å². The number of ketones is 2. The molecule has 0 unspecified atom stereocenters. The van der Waals surface area contributed by atoms with Gasteiger partial charge in [0.15, 0.2) is 12.4 Å². The van der Waals surface area contributed by atoms with Gasteiger partial charge in [-0.2, -0.15) is 26.3 Å². The first kappa shape index (κ1) is 41.2. The molecule has 282 valence electrons. The van der Waals surface area contributed by atoms with Gasteiger partial charge >= 0.3 is 23.9 Å². The molecule has 0 saturated heterocycles. The largest absolute Gasteiger partial charge is 0.506 e. The van der Waals surface area contributed by atoms with Crippen LogP contribution in [-0.2, 0) is 32.0 Å². The Kier molecular flexibility index (Phi) is 15.6. The molecule has 0 aromatic heterocycles. The fourth-order valence-electron chi connectivity index (χ4n) is 5.69. The molecule has 1 aliphatic carbocycles. The van der Waals surface area contributed by atoms with Crippen LogP contribution in [0.5, 0.6) is 11.5 Å². The van der Waals surface area contributed by atoms with E-state index in [4.69, 9.17) is 4.74 Å². The maximum absolute atomic E-state index is 13.4. The lowest BCUT2D eigenvalue weighted by atomic mass is 10.1. The van der Waals surface area contributed by atoms with Crippen LogP contribution in [0.25, 0.3) is 0 Å². The summed E-state index contributed by atoms with van der Waals surface area (Å²) in [7, 11) is 0. The number of halogens is 7. The highest BCUT2D eigenvalue weighted by molar-refractivity contribution is 6.41. The van der Waals surface area contributed by atoms with Crippen molar-refractivity contribution in [2.45, 2.75) is 76.2 Å². The van der Waals surface area contributed by atoms with Crippen molar-refractivity contribution in [2.75, 3.05) is 44.6 Å². The fourth-order valence-corrected chi connectivity index (χ4v) is 5.69. The number of phenolic OH excluding ortho intramolecular Hbond substituents is 1. The van der Waals surface area contributed by atoms with Gasteiger partial charge in [-0.3, -0.25) is 19.2 Å². The molecule has 2 amide bonds. The average molecular weight is 735 g/mol. The van der Waals surface area contributed by atoms with E-state index in [-0.39, 0.29) is 36.0 Å². The molecule has 4 N–H and O–H groups in total. The van der Waals surface area contributed by atoms with Gasteiger partial charge < -0.3 is 30.7 Å². The second-order valence-electron chi connectivity index (χ2n) is 12.1. The number of nitrogens with one attached hydrogen (secondary N) is 3. The van der Waals surface area contributed by atoms with E-state index in [1.807, 2.05) is 12.1 Å². The summed E-state index contributed by atoms with van der Waals surface area (Å²) < 4.78 is 85.9. The number of phenols is 1. The number of aromatic hydroxyl groups is 1. The summed E-state index contributed by atoms with van der Waals surface area (Å²) in [5.74, 6) is -6.62.